The number of ether oxygens (including phenoxy) is 5. The minimum Gasteiger partial charge on any atom is -0.483 e. The number of carbonyl (C=O) groups is 3. The van der Waals surface area contributed by atoms with Gasteiger partial charge in [0.15, 0.2) is 24.0 Å². The lowest BCUT2D eigenvalue weighted by Gasteiger charge is -2.64. The number of rotatable bonds is 6. The van der Waals surface area contributed by atoms with Crippen LogP contribution < -0.4 is 0 Å². The number of fused-ring (bicyclic) bond motifs is 5. The van der Waals surface area contributed by atoms with Crippen LogP contribution in [0.1, 0.15) is 88.0 Å². The molecule has 0 amide bonds. The van der Waals surface area contributed by atoms with E-state index in [0.717, 1.165) is 5.57 Å². The first-order valence-electron chi connectivity index (χ1n) is 19.9. The van der Waals surface area contributed by atoms with E-state index in [1.807, 2.05) is 48.5 Å². The molecule has 18 atom stereocenters. The lowest BCUT2D eigenvalue weighted by molar-refractivity contribution is -0.360. The SMILES string of the molecule is CC(C)C1=CC(=O)C(C)(C2C(O)CC3(C)C4C(=O)C=C5C(CCC(OC6OCC(O)C(O)C6OC6OC(C)C(O)C(O)C6O)C5(C)C)C4(C)C(=O)CC23C)O1. The fourth-order valence-electron chi connectivity index (χ4n) is 12.1. The first-order valence-corrected chi connectivity index (χ1v) is 19.9. The molecule has 55 heavy (non-hydrogen) atoms. The smallest absolute Gasteiger partial charge is 0.202 e. The molecule has 3 aliphatic heterocycles. The molecule has 14 heteroatoms. The molecule has 14 nitrogen and oxygen atoms in total. The maximum atomic E-state index is 14.9. The molecule has 0 aromatic rings. The summed E-state index contributed by atoms with van der Waals surface area (Å²) in [5.41, 5.74) is -4.38. The van der Waals surface area contributed by atoms with Crippen molar-refractivity contribution in [1.82, 2.24) is 0 Å². The fraction of sp³-hybridized carbons (Fsp3) is 0.829. The number of carbonyl (C=O) groups excluding carboxylic acids is 3. The Balaban J connectivity index is 1.17. The molecule has 0 spiro atoms. The van der Waals surface area contributed by atoms with Crippen molar-refractivity contribution in [2.75, 3.05) is 6.61 Å². The molecule has 4 aliphatic carbocycles. The molecule has 308 valence electrons. The van der Waals surface area contributed by atoms with Crippen molar-refractivity contribution in [2.24, 2.45) is 45.3 Å². The number of aliphatic hydroxyl groups excluding tert-OH is 6. The number of aliphatic hydroxyl groups is 6. The van der Waals surface area contributed by atoms with E-state index in [4.69, 9.17) is 23.7 Å². The predicted molar refractivity (Wildman–Crippen MR) is 192 cm³/mol. The predicted octanol–water partition coefficient (Wildman–Crippen LogP) is 1.49. The van der Waals surface area contributed by atoms with Crippen LogP contribution in [0.15, 0.2) is 23.5 Å². The second-order valence-corrected chi connectivity index (χ2v) is 19.2. The first kappa shape index (κ1) is 41.1. The van der Waals surface area contributed by atoms with Crippen LogP contribution in [0.25, 0.3) is 0 Å². The minimum atomic E-state index is -1.67. The average Bonchev–Trinajstić information content (AvgIpc) is 3.51. The molecule has 6 N–H and O–H groups in total. The summed E-state index contributed by atoms with van der Waals surface area (Å²) in [4.78, 5) is 43.3. The van der Waals surface area contributed by atoms with Gasteiger partial charge in [-0.1, -0.05) is 54.0 Å². The standard InChI is InChI=1S/C41H60O14/c1-17(2)24-13-25(45)41(9,55-24)34-22(43)14-38(6)33-21(42)12-20-19(40(33,8)26(46)15-39(34,38)7)10-11-27(37(20,4)5)53-36-32(29(48)23(44)16-51-36)54-35-31(50)30(49)28(47)18(3)52-35/h12-13,17-19,22-23,27-36,43-44,47-50H,10-11,14-16H2,1-9H3. The van der Waals surface area contributed by atoms with Crippen molar-refractivity contribution < 1.29 is 68.7 Å². The molecular weight excluding hydrogens is 716 g/mol. The summed E-state index contributed by atoms with van der Waals surface area (Å²) in [7, 11) is 0. The van der Waals surface area contributed by atoms with Crippen LogP contribution in [-0.4, -0.2) is 128 Å². The molecule has 0 radical (unpaired) electrons. The van der Waals surface area contributed by atoms with Gasteiger partial charge in [-0.25, -0.2) is 0 Å². The van der Waals surface area contributed by atoms with E-state index >= 15 is 0 Å². The van der Waals surface area contributed by atoms with Gasteiger partial charge in [0.1, 0.15) is 48.2 Å². The average molecular weight is 777 g/mol. The quantitative estimate of drug-likeness (QED) is 0.225. The maximum absolute atomic E-state index is 14.9. The zero-order valence-electron chi connectivity index (χ0n) is 33.3. The highest BCUT2D eigenvalue weighted by molar-refractivity contribution is 6.03. The number of ketones is 3. The fourth-order valence-corrected chi connectivity index (χ4v) is 12.1. The van der Waals surface area contributed by atoms with Crippen LogP contribution in [0.2, 0.25) is 0 Å². The van der Waals surface area contributed by atoms with Gasteiger partial charge < -0.3 is 54.3 Å². The highest BCUT2D eigenvalue weighted by Gasteiger charge is 2.77. The zero-order valence-corrected chi connectivity index (χ0v) is 33.3. The first-order chi connectivity index (χ1) is 25.4. The van der Waals surface area contributed by atoms with Gasteiger partial charge in [0, 0.05) is 41.1 Å². The third-order valence-corrected chi connectivity index (χ3v) is 15.4. The number of allylic oxidation sites excluding steroid dienone is 2. The summed E-state index contributed by atoms with van der Waals surface area (Å²) in [6.45, 7) is 16.5. The Morgan fingerprint density at radius 3 is 2.11 bits per heavy atom. The van der Waals surface area contributed by atoms with Crippen LogP contribution >= 0.6 is 0 Å². The molecule has 3 heterocycles. The van der Waals surface area contributed by atoms with Gasteiger partial charge in [-0.05, 0) is 55.9 Å². The van der Waals surface area contributed by atoms with E-state index in [2.05, 4.69) is 0 Å². The lowest BCUT2D eigenvalue weighted by Crippen LogP contribution is -2.67. The maximum Gasteiger partial charge on any atom is 0.202 e. The van der Waals surface area contributed by atoms with Crippen LogP contribution in [0, 0.1) is 45.3 Å². The van der Waals surface area contributed by atoms with Gasteiger partial charge in [0.2, 0.25) is 5.78 Å². The molecule has 0 bridgehead atoms. The molecule has 0 aromatic heterocycles. The monoisotopic (exact) mass is 776 g/mol. The normalized spacial score (nSPS) is 52.3. The summed E-state index contributed by atoms with van der Waals surface area (Å²) in [6.07, 6.45) is -9.81. The Labute approximate surface area is 322 Å². The van der Waals surface area contributed by atoms with Gasteiger partial charge in [-0.2, -0.15) is 0 Å². The molecule has 3 saturated carbocycles. The molecule has 7 aliphatic rings. The van der Waals surface area contributed by atoms with Gasteiger partial charge in [0.25, 0.3) is 0 Å². The van der Waals surface area contributed by atoms with E-state index in [9.17, 15) is 45.0 Å². The number of Topliss-reactive ketones (excluding diaryl/α,β-unsaturated/α-hetero) is 1. The Hall–Kier alpha value is -2.11. The van der Waals surface area contributed by atoms with Crippen LogP contribution in [0.4, 0.5) is 0 Å². The number of hydrogen-bond donors (Lipinski definition) is 6. The molecule has 18 unspecified atom stereocenters. The zero-order chi connectivity index (χ0) is 40.5. The highest BCUT2D eigenvalue weighted by atomic mass is 16.8. The number of hydrogen-bond acceptors (Lipinski definition) is 14. The van der Waals surface area contributed by atoms with Crippen molar-refractivity contribution in [1.29, 1.82) is 0 Å². The lowest BCUT2D eigenvalue weighted by atomic mass is 9.38. The van der Waals surface area contributed by atoms with Gasteiger partial charge in [0.05, 0.1) is 24.9 Å². The van der Waals surface area contributed by atoms with E-state index in [1.54, 1.807) is 13.0 Å². The third kappa shape index (κ3) is 5.75. The second kappa shape index (κ2) is 13.5. The molecular formula is C41H60O14. The Morgan fingerprint density at radius 2 is 1.47 bits per heavy atom. The van der Waals surface area contributed by atoms with Crippen molar-refractivity contribution in [3.8, 4) is 0 Å². The summed E-state index contributed by atoms with van der Waals surface area (Å²) in [6, 6.07) is 0. The van der Waals surface area contributed by atoms with E-state index in [0.29, 0.717) is 18.6 Å². The molecule has 2 saturated heterocycles. The Morgan fingerprint density at radius 1 is 0.800 bits per heavy atom. The van der Waals surface area contributed by atoms with Gasteiger partial charge in [-0.3, -0.25) is 14.4 Å². The van der Waals surface area contributed by atoms with Gasteiger partial charge in [-0.15, -0.1) is 0 Å². The second-order valence-electron chi connectivity index (χ2n) is 19.2. The summed E-state index contributed by atoms with van der Waals surface area (Å²) in [5.74, 6) is -1.87. The van der Waals surface area contributed by atoms with E-state index in [-0.39, 0.29) is 48.6 Å². The van der Waals surface area contributed by atoms with Gasteiger partial charge >= 0.3 is 0 Å². The summed E-state index contributed by atoms with van der Waals surface area (Å²) in [5, 5.41) is 64.6. The summed E-state index contributed by atoms with van der Waals surface area (Å²) >= 11 is 0. The van der Waals surface area contributed by atoms with Crippen molar-refractivity contribution in [2.45, 2.75) is 161 Å². The van der Waals surface area contributed by atoms with E-state index in [1.165, 1.54) is 13.0 Å². The van der Waals surface area contributed by atoms with Crippen LogP contribution in [0.3, 0.4) is 0 Å². The summed E-state index contributed by atoms with van der Waals surface area (Å²) < 4.78 is 30.3. The Kier molecular flexibility index (Phi) is 10.1. The van der Waals surface area contributed by atoms with Crippen molar-refractivity contribution >= 4 is 17.3 Å². The largest absolute Gasteiger partial charge is 0.483 e. The molecule has 0 aromatic carbocycles. The topological polar surface area (TPSA) is 219 Å². The van der Waals surface area contributed by atoms with Crippen molar-refractivity contribution in [3.05, 3.63) is 23.5 Å². The van der Waals surface area contributed by atoms with Crippen molar-refractivity contribution in [3.63, 3.8) is 0 Å². The highest BCUT2D eigenvalue weighted by Crippen LogP contribution is 2.74. The molecule has 5 fully saturated rings. The van der Waals surface area contributed by atoms with E-state index < -0.39 is 107 Å². The van der Waals surface area contributed by atoms with Crippen LogP contribution in [0.5, 0.6) is 0 Å². The Bertz CT molecular complexity index is 1660. The third-order valence-electron chi connectivity index (χ3n) is 15.4. The minimum absolute atomic E-state index is 0.0443. The van der Waals surface area contributed by atoms with Crippen LogP contribution in [-0.2, 0) is 38.1 Å². The molecule has 7 rings (SSSR count).